The highest BCUT2D eigenvalue weighted by molar-refractivity contribution is 5.38. The molecule has 5 heteroatoms. The number of nitrogens with two attached hydrogens (primary N) is 1. The Kier molecular flexibility index (Phi) is 3.24. The van der Waals surface area contributed by atoms with Crippen molar-refractivity contribution in [3.63, 3.8) is 0 Å². The molecule has 2 heterocycles. The van der Waals surface area contributed by atoms with Crippen molar-refractivity contribution in [2.75, 3.05) is 36.8 Å². The Morgan fingerprint density at radius 2 is 2.06 bits per heavy atom. The van der Waals surface area contributed by atoms with Gasteiger partial charge in [0.2, 0.25) is 5.95 Å². The zero-order valence-corrected chi connectivity index (χ0v) is 9.63. The molecule has 1 aromatic rings. The van der Waals surface area contributed by atoms with Crippen LogP contribution in [0.25, 0.3) is 0 Å². The van der Waals surface area contributed by atoms with Crippen LogP contribution in [0.1, 0.15) is 6.92 Å². The molecule has 1 aromatic heterocycles. The van der Waals surface area contributed by atoms with Crippen molar-refractivity contribution in [1.29, 1.82) is 0 Å². The molecule has 16 heavy (non-hydrogen) atoms. The summed E-state index contributed by atoms with van der Waals surface area (Å²) in [6.45, 7) is 10.0. The lowest BCUT2D eigenvalue weighted by Gasteiger charge is -2.36. The second kappa shape index (κ2) is 4.65. The van der Waals surface area contributed by atoms with Crippen molar-refractivity contribution in [3.8, 4) is 0 Å². The minimum atomic E-state index is 0.365. The average molecular weight is 220 g/mol. The summed E-state index contributed by atoms with van der Waals surface area (Å²) >= 11 is 0. The van der Waals surface area contributed by atoms with E-state index in [2.05, 4.69) is 33.6 Å². The molecule has 0 saturated carbocycles. The molecule has 0 aliphatic carbocycles. The lowest BCUT2D eigenvalue weighted by Crippen LogP contribution is -2.49. The van der Waals surface area contributed by atoms with E-state index in [1.807, 2.05) is 0 Å². The predicted molar refractivity (Wildman–Crippen MR) is 65.0 cm³/mol. The molecule has 5 nitrogen and oxygen atoms in total. The summed E-state index contributed by atoms with van der Waals surface area (Å²) in [6.07, 6.45) is 1.70. The van der Waals surface area contributed by atoms with Gasteiger partial charge in [-0.05, 0) is 19.9 Å². The topological polar surface area (TPSA) is 58.3 Å². The molecule has 1 unspecified atom stereocenters. The molecule has 0 spiro atoms. The quantitative estimate of drug-likeness (QED) is 0.782. The Morgan fingerprint density at radius 3 is 2.62 bits per heavy atom. The first-order valence-corrected chi connectivity index (χ1v) is 5.57. The van der Waals surface area contributed by atoms with Crippen molar-refractivity contribution in [2.45, 2.75) is 13.0 Å². The van der Waals surface area contributed by atoms with E-state index >= 15 is 0 Å². The lowest BCUT2D eigenvalue weighted by atomic mass is 10.2. The molecule has 1 atom stereocenters. The molecule has 1 saturated heterocycles. The van der Waals surface area contributed by atoms with Crippen molar-refractivity contribution in [1.82, 2.24) is 14.9 Å². The van der Waals surface area contributed by atoms with E-state index in [0.29, 0.717) is 11.9 Å². The smallest absolute Gasteiger partial charge is 0.227 e. The number of aromatic nitrogens is 2. The Balaban J connectivity index is 1.99. The van der Waals surface area contributed by atoms with Gasteiger partial charge in [-0.25, -0.2) is 4.98 Å². The van der Waals surface area contributed by atoms with E-state index < -0.39 is 0 Å². The zero-order chi connectivity index (χ0) is 11.5. The third-order valence-electron chi connectivity index (χ3n) is 2.88. The second-order valence-corrected chi connectivity index (χ2v) is 4.15. The first kappa shape index (κ1) is 11.1. The summed E-state index contributed by atoms with van der Waals surface area (Å²) in [7, 11) is 0. The van der Waals surface area contributed by atoms with E-state index in [9.17, 15) is 0 Å². The van der Waals surface area contributed by atoms with E-state index in [1.54, 1.807) is 12.3 Å². The van der Waals surface area contributed by atoms with E-state index in [-0.39, 0.29) is 0 Å². The fourth-order valence-corrected chi connectivity index (χ4v) is 1.88. The molecule has 1 radical (unpaired) electrons. The monoisotopic (exact) mass is 220 g/mol. The van der Waals surface area contributed by atoms with Crippen LogP contribution >= 0.6 is 0 Å². The number of piperazine rings is 1. The first-order chi connectivity index (χ1) is 7.66. The van der Waals surface area contributed by atoms with E-state index in [4.69, 9.17) is 5.73 Å². The van der Waals surface area contributed by atoms with Gasteiger partial charge in [-0.15, -0.1) is 0 Å². The fourth-order valence-electron chi connectivity index (χ4n) is 1.88. The second-order valence-electron chi connectivity index (χ2n) is 4.15. The number of hydrogen-bond donors (Lipinski definition) is 1. The SMILES string of the molecule is [CH2]C(C)N1CCN(c2nccc(N)n2)CC1. The molecule has 1 aliphatic heterocycles. The van der Waals surface area contributed by atoms with Gasteiger partial charge >= 0.3 is 0 Å². The molecule has 1 fully saturated rings. The van der Waals surface area contributed by atoms with E-state index in [1.165, 1.54) is 0 Å². The van der Waals surface area contributed by atoms with Crippen LogP contribution in [0.2, 0.25) is 0 Å². The number of nitrogens with zero attached hydrogens (tertiary/aromatic N) is 4. The van der Waals surface area contributed by atoms with Gasteiger partial charge in [0.1, 0.15) is 5.82 Å². The summed E-state index contributed by atoms with van der Waals surface area (Å²) in [4.78, 5) is 13.0. The van der Waals surface area contributed by atoms with Gasteiger partial charge in [-0.2, -0.15) is 4.98 Å². The van der Waals surface area contributed by atoms with Crippen LogP contribution in [0.15, 0.2) is 12.3 Å². The molecule has 0 aromatic carbocycles. The van der Waals surface area contributed by atoms with Gasteiger partial charge in [0.25, 0.3) is 0 Å². The maximum Gasteiger partial charge on any atom is 0.227 e. The first-order valence-electron chi connectivity index (χ1n) is 5.57. The van der Waals surface area contributed by atoms with Crippen LogP contribution in [-0.4, -0.2) is 47.1 Å². The van der Waals surface area contributed by atoms with Gasteiger partial charge in [-0.3, -0.25) is 4.90 Å². The third-order valence-corrected chi connectivity index (χ3v) is 2.88. The fraction of sp³-hybridized carbons (Fsp3) is 0.545. The summed E-state index contributed by atoms with van der Waals surface area (Å²) in [5.74, 6) is 1.26. The highest BCUT2D eigenvalue weighted by atomic mass is 15.3. The van der Waals surface area contributed by atoms with Crippen molar-refractivity contribution in [3.05, 3.63) is 19.2 Å². The zero-order valence-electron chi connectivity index (χ0n) is 9.63. The normalized spacial score (nSPS) is 18.1. The van der Waals surface area contributed by atoms with Crippen molar-refractivity contribution >= 4 is 11.8 Å². The number of rotatable bonds is 2. The van der Waals surface area contributed by atoms with Gasteiger partial charge in [-0.1, -0.05) is 0 Å². The number of nitrogen functional groups attached to an aromatic ring is 1. The largest absolute Gasteiger partial charge is 0.384 e. The maximum atomic E-state index is 5.64. The van der Waals surface area contributed by atoms with Gasteiger partial charge in [0, 0.05) is 38.4 Å². The average Bonchev–Trinajstić information content (AvgIpc) is 2.29. The molecule has 87 valence electrons. The molecule has 1 aliphatic rings. The van der Waals surface area contributed by atoms with Crippen LogP contribution in [-0.2, 0) is 0 Å². The minimum Gasteiger partial charge on any atom is -0.384 e. The van der Waals surface area contributed by atoms with Gasteiger partial charge in [0.15, 0.2) is 0 Å². The minimum absolute atomic E-state index is 0.365. The van der Waals surface area contributed by atoms with Crippen LogP contribution < -0.4 is 10.6 Å². The maximum absolute atomic E-state index is 5.64. The number of anilines is 2. The molecular formula is C11H18N5. The highest BCUT2D eigenvalue weighted by Gasteiger charge is 2.20. The Labute approximate surface area is 96.3 Å². The third kappa shape index (κ3) is 2.41. The van der Waals surface area contributed by atoms with E-state index in [0.717, 1.165) is 32.1 Å². The van der Waals surface area contributed by atoms with Crippen molar-refractivity contribution in [2.24, 2.45) is 0 Å². The predicted octanol–water partition coefficient (Wildman–Crippen LogP) is 0.403. The molecule has 0 amide bonds. The Morgan fingerprint density at radius 1 is 1.38 bits per heavy atom. The lowest BCUT2D eigenvalue weighted by molar-refractivity contribution is 0.225. The Bertz CT molecular complexity index is 344. The van der Waals surface area contributed by atoms with Crippen molar-refractivity contribution < 1.29 is 0 Å². The molecular weight excluding hydrogens is 202 g/mol. The van der Waals surface area contributed by atoms with Crippen LogP contribution in [0.3, 0.4) is 0 Å². The molecule has 2 N–H and O–H groups in total. The summed E-state index contributed by atoms with van der Waals surface area (Å²) in [6, 6.07) is 2.07. The van der Waals surface area contributed by atoms with Gasteiger partial charge in [0.05, 0.1) is 0 Å². The summed E-state index contributed by atoms with van der Waals surface area (Å²) < 4.78 is 0. The molecule has 2 rings (SSSR count). The highest BCUT2D eigenvalue weighted by Crippen LogP contribution is 2.12. The summed E-state index contributed by atoms with van der Waals surface area (Å²) in [5.41, 5.74) is 5.64. The van der Waals surface area contributed by atoms with Gasteiger partial charge < -0.3 is 10.6 Å². The van der Waals surface area contributed by atoms with Crippen LogP contribution in [0, 0.1) is 6.92 Å². The summed E-state index contributed by atoms with van der Waals surface area (Å²) in [5, 5.41) is 0. The Hall–Kier alpha value is -1.36. The van der Waals surface area contributed by atoms with Crippen LogP contribution in [0.4, 0.5) is 11.8 Å². The number of hydrogen-bond acceptors (Lipinski definition) is 5. The molecule has 0 bridgehead atoms. The van der Waals surface area contributed by atoms with Crippen LogP contribution in [0.5, 0.6) is 0 Å². The standard InChI is InChI=1S/C11H18N5/c1-9(2)15-5-7-16(8-6-15)11-13-4-3-10(12)14-11/h3-4,9H,1,5-8H2,2H3,(H2,12,13,14).